The van der Waals surface area contributed by atoms with Crippen molar-refractivity contribution in [2.45, 2.75) is 27.3 Å². The summed E-state index contributed by atoms with van der Waals surface area (Å²) >= 11 is 0. The summed E-state index contributed by atoms with van der Waals surface area (Å²) in [4.78, 5) is 77.3. The minimum absolute atomic E-state index is 0.0397. The van der Waals surface area contributed by atoms with Crippen molar-refractivity contribution in [3.63, 3.8) is 0 Å². The third kappa shape index (κ3) is 28.0. The average Bonchev–Trinajstić information content (AvgIpc) is 3.00. The number of aliphatic carboxylic acids is 1. The van der Waals surface area contributed by atoms with Crippen LogP contribution in [0, 0.1) is 0 Å². The van der Waals surface area contributed by atoms with E-state index in [1.807, 2.05) is 0 Å². The van der Waals surface area contributed by atoms with Gasteiger partial charge in [0.1, 0.15) is 0 Å². The molecule has 0 saturated carbocycles. The van der Waals surface area contributed by atoms with Crippen molar-refractivity contribution in [1.82, 2.24) is 63.1 Å². The molecule has 0 rings (SSSR count). The number of hydrazine groups is 4. The van der Waals surface area contributed by atoms with Crippen molar-refractivity contribution < 1.29 is 54.0 Å². The number of amides is 5. The highest BCUT2D eigenvalue weighted by Gasteiger charge is 2.20. The van der Waals surface area contributed by atoms with Gasteiger partial charge in [0.05, 0.1) is 26.2 Å². The van der Waals surface area contributed by atoms with Gasteiger partial charge < -0.3 is 30.5 Å². The summed E-state index contributed by atoms with van der Waals surface area (Å²) in [6.45, 7) is 5.07. The van der Waals surface area contributed by atoms with Gasteiger partial charge >= 0.3 is 34.2 Å². The van der Waals surface area contributed by atoms with E-state index in [4.69, 9.17) is 5.11 Å². The molecule has 27 heteroatoms. The molecule has 0 spiro atoms. The molecule has 0 bridgehead atoms. The topological polar surface area (TPSA) is 322 Å². The molecule has 0 aliphatic carbocycles. The second kappa shape index (κ2) is 26.3. The SMILES string of the molecule is CB(O)NNC(=O)CN(CCN(CCNC(=O)C=CC(=O)O)CCN(CC(=O)NNB(C)O)CC(=O)NNB(C)O)CC(=O)NNB(C)O. The number of rotatable bonds is 27. The number of carboxylic acid groups (broad SMARTS) is 1. The van der Waals surface area contributed by atoms with Gasteiger partial charge in [-0.2, -0.15) is 0 Å². The van der Waals surface area contributed by atoms with E-state index >= 15 is 0 Å². The van der Waals surface area contributed by atoms with Crippen molar-refractivity contribution in [3.05, 3.63) is 12.2 Å². The lowest BCUT2D eigenvalue weighted by atomic mass is 9.91. The molecule has 23 nitrogen and oxygen atoms in total. The van der Waals surface area contributed by atoms with Crippen molar-refractivity contribution in [2.75, 3.05) is 65.4 Å². The number of nitrogens with one attached hydrogen (secondary N) is 9. The van der Waals surface area contributed by atoms with Crippen molar-refractivity contribution in [3.8, 4) is 0 Å². The second-order valence-corrected chi connectivity index (χ2v) is 10.7. The van der Waals surface area contributed by atoms with Gasteiger partial charge in [-0.1, -0.05) is 0 Å². The van der Waals surface area contributed by atoms with E-state index in [-0.39, 0.29) is 65.4 Å². The molecule has 0 fully saturated rings. The van der Waals surface area contributed by atoms with E-state index in [1.165, 1.54) is 37.1 Å². The molecule has 0 atom stereocenters. The lowest BCUT2D eigenvalue weighted by Gasteiger charge is -2.29. The Labute approximate surface area is 285 Å². The Hall–Kier alpha value is -3.62. The molecule has 0 heterocycles. The Bertz CT molecular complexity index is 967. The fraction of sp³-hybridized carbons (Fsp3) is 0.636. The predicted octanol–water partition coefficient (Wildman–Crippen LogP) is -8.43. The van der Waals surface area contributed by atoms with Gasteiger partial charge in [0, 0.05) is 51.4 Å². The van der Waals surface area contributed by atoms with Crippen molar-refractivity contribution in [2.24, 2.45) is 0 Å². The largest absolute Gasteiger partial charge is 0.478 e. The lowest BCUT2D eigenvalue weighted by Crippen LogP contribution is -2.54. The van der Waals surface area contributed by atoms with E-state index in [0.29, 0.717) is 6.08 Å². The molecule has 14 N–H and O–H groups in total. The van der Waals surface area contributed by atoms with Crippen LogP contribution in [0.4, 0.5) is 0 Å². The zero-order valence-corrected chi connectivity index (χ0v) is 28.1. The van der Waals surface area contributed by atoms with E-state index in [9.17, 15) is 48.9 Å². The Kier molecular flexibility index (Phi) is 24.3. The molecule has 274 valence electrons. The Morgan fingerprint density at radius 2 is 0.816 bits per heavy atom. The Balaban J connectivity index is 5.86. The molecule has 5 amide bonds. The van der Waals surface area contributed by atoms with Crippen molar-refractivity contribution >= 4 is 63.7 Å². The zero-order valence-electron chi connectivity index (χ0n) is 28.1. The molecule has 0 unspecified atom stereocenters. The van der Waals surface area contributed by atoms with Gasteiger partial charge in [-0.15, -0.1) is 0 Å². The van der Waals surface area contributed by atoms with E-state index in [0.717, 1.165) is 6.08 Å². The lowest BCUT2D eigenvalue weighted by molar-refractivity contribution is -0.132. The molecular formula is C22H48B4N12O11. The summed E-state index contributed by atoms with van der Waals surface area (Å²) in [5, 5.41) is 58.2. The van der Waals surface area contributed by atoms with Gasteiger partial charge in [-0.25, -0.2) is 26.1 Å². The van der Waals surface area contributed by atoms with Crippen LogP contribution >= 0.6 is 0 Å². The smallest absolute Gasteiger partial charge is 0.392 e. The number of carboxylic acids is 1. The van der Waals surface area contributed by atoms with Crippen LogP contribution in [0.25, 0.3) is 0 Å². The summed E-state index contributed by atoms with van der Waals surface area (Å²) in [7, 11) is -4.20. The molecule has 0 aromatic carbocycles. The fourth-order valence-corrected chi connectivity index (χ4v) is 3.58. The second-order valence-electron chi connectivity index (χ2n) is 10.7. The first-order valence-electron chi connectivity index (χ1n) is 15.2. The minimum Gasteiger partial charge on any atom is -0.478 e. The van der Waals surface area contributed by atoms with Crippen LogP contribution < -0.4 is 48.4 Å². The van der Waals surface area contributed by atoms with Crippen LogP contribution in [0.5, 0.6) is 0 Å². The van der Waals surface area contributed by atoms with Crippen LogP contribution in [-0.2, 0) is 28.8 Å². The first-order chi connectivity index (χ1) is 23.0. The fourth-order valence-electron chi connectivity index (χ4n) is 3.58. The molecule has 0 saturated heterocycles. The van der Waals surface area contributed by atoms with E-state index in [1.54, 1.807) is 4.90 Å². The van der Waals surface area contributed by atoms with Crippen LogP contribution in [-0.4, -0.2) is 169 Å². The van der Waals surface area contributed by atoms with E-state index in [2.05, 4.69) is 48.4 Å². The van der Waals surface area contributed by atoms with Crippen LogP contribution in [0.3, 0.4) is 0 Å². The minimum atomic E-state index is -1.31. The zero-order chi connectivity index (χ0) is 37.4. The van der Waals surface area contributed by atoms with Gasteiger partial charge in [0.2, 0.25) is 29.5 Å². The van der Waals surface area contributed by atoms with Gasteiger partial charge in [0.25, 0.3) is 0 Å². The third-order valence-corrected chi connectivity index (χ3v) is 5.72. The molecule has 0 aromatic rings. The first kappa shape index (κ1) is 45.4. The van der Waals surface area contributed by atoms with Gasteiger partial charge in [0.15, 0.2) is 0 Å². The molecular weight excluding hydrogens is 652 g/mol. The van der Waals surface area contributed by atoms with Gasteiger partial charge in [-0.3, -0.25) is 60.4 Å². The van der Waals surface area contributed by atoms with Crippen molar-refractivity contribution in [1.29, 1.82) is 0 Å². The van der Waals surface area contributed by atoms with Crippen LogP contribution in [0.1, 0.15) is 0 Å². The van der Waals surface area contributed by atoms with Gasteiger partial charge in [-0.05, 0) is 27.3 Å². The van der Waals surface area contributed by atoms with Crippen LogP contribution in [0.2, 0.25) is 27.3 Å². The molecule has 0 aliphatic rings. The Morgan fingerprint density at radius 3 is 1.10 bits per heavy atom. The molecule has 0 radical (unpaired) electrons. The van der Waals surface area contributed by atoms with E-state index < -0.39 is 63.7 Å². The highest BCUT2D eigenvalue weighted by Crippen LogP contribution is 1.97. The number of carbonyl (C=O) groups is 6. The maximum Gasteiger partial charge on any atom is 0.392 e. The maximum absolute atomic E-state index is 12.5. The third-order valence-electron chi connectivity index (χ3n) is 5.72. The number of carbonyl (C=O) groups excluding carboxylic acids is 5. The summed E-state index contributed by atoms with van der Waals surface area (Å²) in [5.74, 6) is -4.30. The summed E-state index contributed by atoms with van der Waals surface area (Å²) in [6, 6.07) is 0. The average molecular weight is 700 g/mol. The van der Waals surface area contributed by atoms with Crippen LogP contribution in [0.15, 0.2) is 12.2 Å². The summed E-state index contributed by atoms with van der Waals surface area (Å²) < 4.78 is 0. The standard InChI is InChI=1S/C22H48B4N12O11/c1-23(46)32-28-18(40)13-37(14-19(41)29-33-24(2)47)11-9-36(8-7-27-17(39)5-6-22(44)45)10-12-38(15-20(42)30-34-25(3)48)16-21(43)31-35-26(4)49/h5-6,32-35,46-49H,7-16H2,1-4H3,(H,27,39)(H,28,40)(H,29,41)(H,30,42)(H,31,43)(H,44,45). The Morgan fingerprint density at radius 1 is 0.510 bits per heavy atom. The highest BCUT2D eigenvalue weighted by atomic mass is 16.4. The first-order valence-corrected chi connectivity index (χ1v) is 15.2. The molecule has 0 aromatic heterocycles. The number of hydrogen-bond donors (Lipinski definition) is 14. The quantitative estimate of drug-likeness (QED) is 0.0215. The normalized spacial score (nSPS) is 11.0. The molecule has 0 aliphatic heterocycles. The maximum atomic E-state index is 12.5. The summed E-state index contributed by atoms with van der Waals surface area (Å²) in [6.07, 6.45) is 1.52. The number of hydrogen-bond acceptors (Lipinski definition) is 17. The highest BCUT2D eigenvalue weighted by molar-refractivity contribution is 6.46. The molecule has 49 heavy (non-hydrogen) atoms. The summed E-state index contributed by atoms with van der Waals surface area (Å²) in [5.41, 5.74) is 9.20. The monoisotopic (exact) mass is 700 g/mol. The number of nitrogens with zero attached hydrogens (tertiary/aromatic N) is 3. The predicted molar refractivity (Wildman–Crippen MR) is 180 cm³/mol.